The van der Waals surface area contributed by atoms with Crippen LogP contribution in [0.5, 0.6) is 0 Å². The third-order valence-electron chi connectivity index (χ3n) is 8.49. The monoisotopic (exact) mass is 787 g/mol. The van der Waals surface area contributed by atoms with Gasteiger partial charge in [-0.25, -0.2) is 4.57 Å². The fourth-order valence-electron chi connectivity index (χ4n) is 5.25. The molecule has 11 nitrogen and oxygen atoms in total. The molecule has 12 heteroatoms. The first-order chi connectivity index (χ1) is 26.0. The van der Waals surface area contributed by atoms with Gasteiger partial charge in [-0.05, 0) is 50.9 Å². The van der Waals surface area contributed by atoms with Crippen LogP contribution in [0, 0.1) is 5.92 Å². The average Bonchev–Trinajstić information content (AvgIpc) is 3.14. The van der Waals surface area contributed by atoms with E-state index in [9.17, 15) is 29.3 Å². The molecule has 0 spiro atoms. The fourth-order valence-corrected chi connectivity index (χ4v) is 6.04. The van der Waals surface area contributed by atoms with Gasteiger partial charge in [-0.15, -0.1) is 0 Å². The molecule has 54 heavy (non-hydrogen) atoms. The van der Waals surface area contributed by atoms with Crippen LogP contribution in [0.3, 0.4) is 0 Å². The zero-order valence-electron chi connectivity index (χ0n) is 33.7. The smallest absolute Gasteiger partial charge is 0.462 e. The van der Waals surface area contributed by atoms with Gasteiger partial charge in [0.05, 0.1) is 25.9 Å². The van der Waals surface area contributed by atoms with E-state index in [-0.39, 0.29) is 19.4 Å². The maximum atomic E-state index is 12.6. The Morgan fingerprint density at radius 3 is 1.96 bits per heavy atom. The Morgan fingerprint density at radius 1 is 0.685 bits per heavy atom. The van der Waals surface area contributed by atoms with Gasteiger partial charge in [0, 0.05) is 12.8 Å². The Bertz CT molecular complexity index is 1070. The zero-order valence-corrected chi connectivity index (χ0v) is 34.6. The molecular formula is C42H75O11P. The lowest BCUT2D eigenvalue weighted by Crippen LogP contribution is -2.29. The lowest BCUT2D eigenvalue weighted by Gasteiger charge is -2.20. The molecule has 0 fully saturated rings. The Hall–Kier alpha value is -2.11. The first-order valence-corrected chi connectivity index (χ1v) is 22.1. The molecule has 0 amide bonds. The highest BCUT2D eigenvalue weighted by Crippen LogP contribution is 2.43. The predicted molar refractivity (Wildman–Crippen MR) is 216 cm³/mol. The molecule has 0 aliphatic heterocycles. The number of aliphatic hydroxyl groups is 3. The van der Waals surface area contributed by atoms with Gasteiger partial charge < -0.3 is 29.7 Å². The van der Waals surface area contributed by atoms with Crippen LogP contribution in [-0.4, -0.2) is 76.9 Å². The molecule has 314 valence electrons. The van der Waals surface area contributed by atoms with Crippen LogP contribution in [0.25, 0.3) is 0 Å². The topological polar surface area (TPSA) is 169 Å². The van der Waals surface area contributed by atoms with Gasteiger partial charge in [0.25, 0.3) is 0 Å². The highest BCUT2D eigenvalue weighted by atomic mass is 31.2. The van der Waals surface area contributed by atoms with Crippen molar-refractivity contribution in [2.45, 2.75) is 174 Å². The van der Waals surface area contributed by atoms with E-state index in [2.05, 4.69) is 31.4 Å². The van der Waals surface area contributed by atoms with Crippen molar-refractivity contribution >= 4 is 19.8 Å². The Kier molecular flexibility index (Phi) is 35.1. The second-order valence-electron chi connectivity index (χ2n) is 14.3. The molecule has 1 unspecified atom stereocenters. The summed E-state index contributed by atoms with van der Waals surface area (Å²) in [5, 5.41) is 28.3. The molecule has 0 bridgehead atoms. The summed E-state index contributed by atoms with van der Waals surface area (Å²) in [5.74, 6) is -0.253. The first-order valence-electron chi connectivity index (χ1n) is 20.6. The molecule has 0 rings (SSSR count). The second-order valence-corrected chi connectivity index (χ2v) is 15.8. The number of aliphatic hydroxyl groups excluding tert-OH is 3. The number of carbonyl (C=O) groups excluding carboxylic acids is 2. The molecule has 0 heterocycles. The van der Waals surface area contributed by atoms with Crippen molar-refractivity contribution in [1.82, 2.24) is 0 Å². The lowest BCUT2D eigenvalue weighted by atomic mass is 10.0. The molecule has 4 N–H and O–H groups in total. The standard InChI is InChI=1S/C42H75O11P/c1-4-5-6-7-13-19-24-29-38(44)30-25-20-15-12-17-22-27-32-42(47)53-40(36-52-54(48,49)51-34-39(45)33-43)35-50-41(46)31-26-21-16-11-9-8-10-14-18-23-28-37(2)3/h12-13,17,19-20,24-25,29,37-40,43-45H,4-11,14-16,18,21-23,26-28,30-36H2,1-3H3,(H,48,49)/b17-12+,19-13-,25-20-,29-24-/t38-,39-,40+/m0/s1. The Balaban J connectivity index is 4.50. The predicted octanol–water partition coefficient (Wildman–Crippen LogP) is 9.38. The van der Waals surface area contributed by atoms with Gasteiger partial charge in [-0.2, -0.15) is 0 Å². The van der Waals surface area contributed by atoms with Crippen LogP contribution < -0.4 is 0 Å². The summed E-state index contributed by atoms with van der Waals surface area (Å²) in [6, 6.07) is 0. The molecule has 0 aromatic rings. The van der Waals surface area contributed by atoms with E-state index in [4.69, 9.17) is 19.1 Å². The normalized spacial score (nSPS) is 15.1. The van der Waals surface area contributed by atoms with E-state index in [1.807, 2.05) is 36.5 Å². The van der Waals surface area contributed by atoms with E-state index in [1.54, 1.807) is 6.08 Å². The molecule has 0 aromatic heterocycles. The summed E-state index contributed by atoms with van der Waals surface area (Å²) in [7, 11) is -4.65. The SMILES string of the molecule is CCCCC/C=C\C=C/[C@H](O)C/C=C\C/C=C/CCCC(=O)O[C@H](COC(=O)CCCCCCCCCCCCC(C)C)COP(=O)(O)OC[C@@H](O)CO. The van der Waals surface area contributed by atoms with Crippen molar-refractivity contribution in [1.29, 1.82) is 0 Å². The van der Waals surface area contributed by atoms with Crippen LogP contribution >= 0.6 is 7.82 Å². The number of carbonyl (C=O) groups is 2. The van der Waals surface area contributed by atoms with Crippen LogP contribution in [0.1, 0.15) is 156 Å². The molecular weight excluding hydrogens is 711 g/mol. The van der Waals surface area contributed by atoms with Gasteiger partial charge >= 0.3 is 19.8 Å². The number of allylic oxidation sites excluding steroid dienone is 6. The van der Waals surface area contributed by atoms with Gasteiger partial charge in [0.2, 0.25) is 0 Å². The van der Waals surface area contributed by atoms with Crippen molar-refractivity contribution in [2.24, 2.45) is 5.92 Å². The summed E-state index contributed by atoms with van der Waals surface area (Å²) in [6.45, 7) is 4.48. The summed E-state index contributed by atoms with van der Waals surface area (Å²) in [4.78, 5) is 34.9. The van der Waals surface area contributed by atoms with Gasteiger partial charge in [0.1, 0.15) is 12.7 Å². The van der Waals surface area contributed by atoms with Crippen molar-refractivity contribution in [2.75, 3.05) is 26.4 Å². The number of esters is 2. The summed E-state index contributed by atoms with van der Waals surface area (Å²) in [6.07, 6.45) is 32.6. The van der Waals surface area contributed by atoms with E-state index in [1.165, 1.54) is 64.2 Å². The number of hydrogen-bond donors (Lipinski definition) is 4. The molecule has 0 aliphatic carbocycles. The number of ether oxygens (including phenoxy) is 2. The molecule has 0 saturated heterocycles. The Morgan fingerprint density at radius 2 is 1.30 bits per heavy atom. The average molecular weight is 787 g/mol. The number of hydrogen-bond acceptors (Lipinski definition) is 10. The van der Waals surface area contributed by atoms with Crippen LogP contribution in [0.4, 0.5) is 0 Å². The number of phosphoric acid groups is 1. The molecule has 0 radical (unpaired) electrons. The van der Waals surface area contributed by atoms with Crippen LogP contribution in [0.2, 0.25) is 0 Å². The minimum Gasteiger partial charge on any atom is -0.462 e. The maximum absolute atomic E-state index is 12.6. The van der Waals surface area contributed by atoms with Gasteiger partial charge in [-0.1, -0.05) is 146 Å². The summed E-state index contributed by atoms with van der Waals surface area (Å²) >= 11 is 0. The van der Waals surface area contributed by atoms with Crippen LogP contribution in [-0.2, 0) is 32.7 Å². The number of phosphoric ester groups is 1. The quantitative estimate of drug-likeness (QED) is 0.0156. The molecule has 4 atom stereocenters. The number of unbranched alkanes of at least 4 members (excludes halogenated alkanes) is 13. The van der Waals surface area contributed by atoms with E-state index >= 15 is 0 Å². The fraction of sp³-hybridized carbons (Fsp3) is 0.762. The highest BCUT2D eigenvalue weighted by Gasteiger charge is 2.27. The third-order valence-corrected chi connectivity index (χ3v) is 9.45. The Labute approximate surface area is 326 Å². The zero-order chi connectivity index (χ0) is 40.1. The highest BCUT2D eigenvalue weighted by molar-refractivity contribution is 7.47. The molecule has 0 saturated carbocycles. The molecule has 0 aliphatic rings. The maximum Gasteiger partial charge on any atom is 0.472 e. The third kappa shape index (κ3) is 36.8. The van der Waals surface area contributed by atoms with Crippen molar-refractivity contribution in [3.05, 3.63) is 48.6 Å². The second kappa shape index (κ2) is 36.5. The van der Waals surface area contributed by atoms with E-state index < -0.39 is 57.9 Å². The van der Waals surface area contributed by atoms with Crippen molar-refractivity contribution in [3.63, 3.8) is 0 Å². The number of rotatable bonds is 37. The minimum atomic E-state index is -4.65. The van der Waals surface area contributed by atoms with Gasteiger partial charge in [-0.3, -0.25) is 18.6 Å². The largest absolute Gasteiger partial charge is 0.472 e. The van der Waals surface area contributed by atoms with Gasteiger partial charge in [0.15, 0.2) is 6.10 Å². The van der Waals surface area contributed by atoms with Crippen molar-refractivity contribution in [3.8, 4) is 0 Å². The first kappa shape index (κ1) is 51.9. The van der Waals surface area contributed by atoms with Crippen molar-refractivity contribution < 1.29 is 52.9 Å². The summed E-state index contributed by atoms with van der Waals surface area (Å²) in [5.41, 5.74) is 0. The minimum absolute atomic E-state index is 0.0737. The summed E-state index contributed by atoms with van der Waals surface area (Å²) < 4.78 is 32.5. The van der Waals surface area contributed by atoms with E-state index in [0.29, 0.717) is 32.1 Å². The lowest BCUT2D eigenvalue weighted by molar-refractivity contribution is -0.161. The van der Waals surface area contributed by atoms with E-state index in [0.717, 1.165) is 31.6 Å². The van der Waals surface area contributed by atoms with Crippen LogP contribution in [0.15, 0.2) is 48.6 Å². The molecule has 0 aromatic carbocycles.